The molecule has 1 aliphatic rings. The average molecular weight is 292 g/mol. The lowest BCUT2D eigenvalue weighted by molar-refractivity contribution is -0.0949. The van der Waals surface area contributed by atoms with Crippen LogP contribution in [-0.2, 0) is 9.47 Å². The van der Waals surface area contributed by atoms with Gasteiger partial charge in [-0.2, -0.15) is 0 Å². The number of fused-ring (bicyclic) bond motifs is 1. The van der Waals surface area contributed by atoms with Gasteiger partial charge in [-0.25, -0.2) is 15.0 Å². The van der Waals surface area contributed by atoms with E-state index in [9.17, 15) is 5.11 Å². The maximum atomic E-state index is 11.0. The molecule has 114 valence electrons. The van der Waals surface area contributed by atoms with Crippen LogP contribution in [-0.4, -0.2) is 50.0 Å². The van der Waals surface area contributed by atoms with E-state index in [-0.39, 0.29) is 6.10 Å². The largest absolute Gasteiger partial charge is 0.385 e. The van der Waals surface area contributed by atoms with E-state index in [1.807, 2.05) is 13.8 Å². The van der Waals surface area contributed by atoms with Gasteiger partial charge in [0, 0.05) is 12.5 Å². The van der Waals surface area contributed by atoms with Crippen molar-refractivity contribution in [1.82, 2.24) is 19.5 Å². The number of aliphatic hydroxyl groups is 1. The zero-order valence-electron chi connectivity index (χ0n) is 12.6. The number of methoxy groups -OCH3 is 1. The van der Waals surface area contributed by atoms with Crippen molar-refractivity contribution in [2.24, 2.45) is 5.41 Å². The van der Waals surface area contributed by atoms with E-state index in [1.54, 1.807) is 31.1 Å². The molecule has 3 atom stereocenters. The van der Waals surface area contributed by atoms with E-state index < -0.39 is 17.2 Å². The monoisotopic (exact) mass is 292 g/mol. The van der Waals surface area contributed by atoms with Gasteiger partial charge in [-0.3, -0.25) is 4.57 Å². The number of hydrogen-bond donors (Lipinski definition) is 1. The SMILES string of the molecule is COC[C@H]1O[C@@H](n2cnc3cncnc32)[C@](C)(O)C1(C)C. The molecular formula is C14H20N4O3. The van der Waals surface area contributed by atoms with Gasteiger partial charge in [0.25, 0.3) is 0 Å². The minimum Gasteiger partial charge on any atom is -0.385 e. The first kappa shape index (κ1) is 14.4. The van der Waals surface area contributed by atoms with Crippen LogP contribution in [0.1, 0.15) is 27.0 Å². The molecule has 7 nitrogen and oxygen atoms in total. The van der Waals surface area contributed by atoms with Crippen LogP contribution in [0.2, 0.25) is 0 Å². The first-order valence-electron chi connectivity index (χ1n) is 6.89. The van der Waals surface area contributed by atoms with Crippen LogP contribution in [0.3, 0.4) is 0 Å². The van der Waals surface area contributed by atoms with Gasteiger partial charge in [0.05, 0.1) is 25.2 Å². The van der Waals surface area contributed by atoms with Crippen LogP contribution >= 0.6 is 0 Å². The Balaban J connectivity index is 2.06. The Morgan fingerprint density at radius 1 is 1.38 bits per heavy atom. The third-order valence-electron chi connectivity index (χ3n) is 4.69. The van der Waals surface area contributed by atoms with Crippen molar-refractivity contribution >= 4 is 11.2 Å². The Hall–Kier alpha value is -1.57. The fourth-order valence-electron chi connectivity index (χ4n) is 2.79. The number of ether oxygens (including phenoxy) is 2. The lowest BCUT2D eigenvalue weighted by Crippen LogP contribution is -2.46. The van der Waals surface area contributed by atoms with Crippen molar-refractivity contribution in [1.29, 1.82) is 0 Å². The number of hydrogen-bond acceptors (Lipinski definition) is 6. The molecule has 3 rings (SSSR count). The van der Waals surface area contributed by atoms with E-state index in [1.165, 1.54) is 6.33 Å². The second kappa shape index (κ2) is 4.72. The van der Waals surface area contributed by atoms with Crippen LogP contribution in [0.5, 0.6) is 0 Å². The number of aromatic nitrogens is 4. The second-order valence-corrected chi connectivity index (χ2v) is 6.19. The lowest BCUT2D eigenvalue weighted by Gasteiger charge is -2.36. The second-order valence-electron chi connectivity index (χ2n) is 6.19. The Morgan fingerprint density at radius 2 is 2.14 bits per heavy atom. The van der Waals surface area contributed by atoms with Crippen molar-refractivity contribution in [3.8, 4) is 0 Å². The zero-order valence-corrected chi connectivity index (χ0v) is 12.6. The Morgan fingerprint density at radius 3 is 2.86 bits per heavy atom. The summed E-state index contributed by atoms with van der Waals surface area (Å²) in [6.07, 6.45) is 3.93. The highest BCUT2D eigenvalue weighted by atomic mass is 16.6. The molecule has 1 saturated heterocycles. The summed E-state index contributed by atoms with van der Waals surface area (Å²) in [4.78, 5) is 12.5. The Labute approximate surface area is 122 Å². The average Bonchev–Trinajstić information content (AvgIpc) is 2.92. The van der Waals surface area contributed by atoms with Crippen LogP contribution in [0.4, 0.5) is 0 Å². The van der Waals surface area contributed by atoms with Crippen molar-refractivity contribution in [2.75, 3.05) is 13.7 Å². The first-order valence-corrected chi connectivity index (χ1v) is 6.89. The van der Waals surface area contributed by atoms with E-state index in [0.29, 0.717) is 17.8 Å². The Bertz CT molecular complexity index is 652. The summed E-state index contributed by atoms with van der Waals surface area (Å²) in [6, 6.07) is 0. The van der Waals surface area contributed by atoms with Gasteiger partial charge >= 0.3 is 0 Å². The highest BCUT2D eigenvalue weighted by Crippen LogP contribution is 2.51. The smallest absolute Gasteiger partial charge is 0.166 e. The fraction of sp³-hybridized carbons (Fsp3) is 0.643. The van der Waals surface area contributed by atoms with Crippen LogP contribution < -0.4 is 0 Å². The normalized spacial score (nSPS) is 31.9. The summed E-state index contributed by atoms with van der Waals surface area (Å²) >= 11 is 0. The quantitative estimate of drug-likeness (QED) is 0.913. The minimum absolute atomic E-state index is 0.221. The van der Waals surface area contributed by atoms with E-state index in [0.717, 1.165) is 0 Å². The molecule has 7 heteroatoms. The molecule has 0 bridgehead atoms. The minimum atomic E-state index is -1.09. The molecule has 0 aliphatic carbocycles. The molecule has 0 saturated carbocycles. The summed E-state index contributed by atoms with van der Waals surface area (Å²) in [6.45, 7) is 6.15. The number of imidazole rings is 1. The van der Waals surface area contributed by atoms with Crippen molar-refractivity contribution in [3.63, 3.8) is 0 Å². The van der Waals surface area contributed by atoms with Gasteiger partial charge in [-0.05, 0) is 6.92 Å². The maximum absolute atomic E-state index is 11.0. The molecule has 0 amide bonds. The van der Waals surface area contributed by atoms with Gasteiger partial charge < -0.3 is 14.6 Å². The van der Waals surface area contributed by atoms with Crippen LogP contribution in [0, 0.1) is 5.41 Å². The van der Waals surface area contributed by atoms with E-state index in [2.05, 4.69) is 15.0 Å². The predicted molar refractivity (Wildman–Crippen MR) is 75.5 cm³/mol. The summed E-state index contributed by atoms with van der Waals surface area (Å²) in [7, 11) is 1.63. The maximum Gasteiger partial charge on any atom is 0.166 e. The van der Waals surface area contributed by atoms with Gasteiger partial charge in [-0.1, -0.05) is 13.8 Å². The van der Waals surface area contributed by atoms with Crippen molar-refractivity contribution < 1.29 is 14.6 Å². The zero-order chi connectivity index (χ0) is 15.3. The van der Waals surface area contributed by atoms with E-state index in [4.69, 9.17) is 9.47 Å². The predicted octanol–water partition coefficient (Wildman–Crippen LogP) is 1.15. The molecule has 0 spiro atoms. The van der Waals surface area contributed by atoms with Gasteiger partial charge in [0.1, 0.15) is 17.4 Å². The van der Waals surface area contributed by atoms with Crippen molar-refractivity contribution in [3.05, 3.63) is 18.9 Å². The van der Waals surface area contributed by atoms with Gasteiger partial charge in [0.2, 0.25) is 0 Å². The molecule has 3 heterocycles. The molecule has 1 N–H and O–H groups in total. The summed E-state index contributed by atoms with van der Waals surface area (Å²) in [5.41, 5.74) is -0.249. The molecule has 0 unspecified atom stereocenters. The standard InChI is InChI=1S/C14H20N4O3/c1-13(2)10(6-20-4)21-12(14(13,3)19)18-8-17-9-5-15-7-16-11(9)18/h5,7-8,10,12,19H,6H2,1-4H3/t10-,12-,14+/m1/s1. The first-order chi connectivity index (χ1) is 9.89. The molecule has 2 aromatic rings. The third-order valence-corrected chi connectivity index (χ3v) is 4.69. The molecule has 1 fully saturated rings. The molecule has 2 aromatic heterocycles. The number of nitrogens with zero attached hydrogens (tertiary/aromatic N) is 4. The summed E-state index contributed by atoms with van der Waals surface area (Å²) in [5, 5.41) is 11.0. The summed E-state index contributed by atoms with van der Waals surface area (Å²) in [5.74, 6) is 0. The number of rotatable bonds is 3. The highest BCUT2D eigenvalue weighted by molar-refractivity contribution is 5.69. The molecule has 1 aliphatic heterocycles. The fourth-order valence-corrected chi connectivity index (χ4v) is 2.79. The molecule has 0 radical (unpaired) electrons. The molecular weight excluding hydrogens is 272 g/mol. The van der Waals surface area contributed by atoms with Gasteiger partial charge in [0.15, 0.2) is 11.9 Å². The highest BCUT2D eigenvalue weighted by Gasteiger charge is 2.59. The molecule has 21 heavy (non-hydrogen) atoms. The van der Waals surface area contributed by atoms with Crippen LogP contribution in [0.25, 0.3) is 11.2 Å². The van der Waals surface area contributed by atoms with Gasteiger partial charge in [-0.15, -0.1) is 0 Å². The van der Waals surface area contributed by atoms with Crippen LogP contribution in [0.15, 0.2) is 18.9 Å². The molecule has 0 aromatic carbocycles. The third kappa shape index (κ3) is 1.96. The Kier molecular flexibility index (Phi) is 3.23. The van der Waals surface area contributed by atoms with Crippen molar-refractivity contribution in [2.45, 2.75) is 38.7 Å². The summed E-state index contributed by atoms with van der Waals surface area (Å²) < 4.78 is 13.1. The lowest BCUT2D eigenvalue weighted by atomic mass is 9.73. The topological polar surface area (TPSA) is 82.3 Å². The van der Waals surface area contributed by atoms with E-state index >= 15 is 0 Å².